The number of imidazole rings is 1. The molecule has 10 heteroatoms. The van der Waals surface area contributed by atoms with Crippen LogP contribution in [0.4, 0.5) is 8.78 Å². The van der Waals surface area contributed by atoms with Crippen molar-refractivity contribution in [1.29, 1.82) is 0 Å². The smallest absolute Gasteiger partial charge is 0.274 e. The predicted molar refractivity (Wildman–Crippen MR) is 139 cm³/mol. The molecule has 39 heavy (non-hydrogen) atoms. The van der Waals surface area contributed by atoms with Crippen LogP contribution >= 0.6 is 0 Å². The number of pyridine rings is 1. The van der Waals surface area contributed by atoms with Crippen LogP contribution in [0.2, 0.25) is 0 Å². The van der Waals surface area contributed by atoms with Crippen molar-refractivity contribution in [3.63, 3.8) is 0 Å². The fourth-order valence-corrected chi connectivity index (χ4v) is 4.62. The van der Waals surface area contributed by atoms with Crippen LogP contribution in [0.5, 0.6) is 0 Å². The normalized spacial score (nSPS) is 15.0. The SMILES string of the molecule is Cc1ccc2nc(-c3ccncc3F)c(C(=O)N[C@H]3N=C(c4ccccc4)c4cccc(F)c4CC3=O)n2n1. The van der Waals surface area contributed by atoms with Crippen molar-refractivity contribution in [1.82, 2.24) is 24.9 Å². The monoisotopic (exact) mass is 522 g/mol. The van der Waals surface area contributed by atoms with Crippen LogP contribution in [0.3, 0.4) is 0 Å². The lowest BCUT2D eigenvalue weighted by atomic mass is 9.95. The molecule has 1 amide bonds. The quantitative estimate of drug-likeness (QED) is 0.383. The summed E-state index contributed by atoms with van der Waals surface area (Å²) >= 11 is 0. The van der Waals surface area contributed by atoms with Crippen molar-refractivity contribution in [3.05, 3.63) is 119 Å². The standard InChI is InChI=1S/C29H20F2N6O2/c1-16-10-11-24-33-26(19-12-13-32-15-22(19)31)27(37(24)36-16)29(39)35-28-23(38)14-20-18(8-5-9-21(20)30)25(34-28)17-6-3-2-4-7-17/h2-13,15,28H,14H2,1H3,(H,35,39)/t28-/m1/s1. The Labute approximate surface area is 221 Å². The van der Waals surface area contributed by atoms with Crippen molar-refractivity contribution in [2.75, 3.05) is 0 Å². The topological polar surface area (TPSA) is 102 Å². The molecule has 5 aromatic rings. The van der Waals surface area contributed by atoms with Crippen molar-refractivity contribution < 1.29 is 18.4 Å². The summed E-state index contributed by atoms with van der Waals surface area (Å²) in [5, 5.41) is 7.06. The Morgan fingerprint density at radius 2 is 1.79 bits per heavy atom. The van der Waals surface area contributed by atoms with E-state index in [2.05, 4.69) is 25.4 Å². The number of hydrogen-bond acceptors (Lipinski definition) is 6. The first-order chi connectivity index (χ1) is 18.9. The lowest BCUT2D eigenvalue weighted by Gasteiger charge is -2.14. The first-order valence-corrected chi connectivity index (χ1v) is 12.1. The molecule has 1 N–H and O–H groups in total. The van der Waals surface area contributed by atoms with Gasteiger partial charge in [0.1, 0.15) is 11.5 Å². The molecule has 192 valence electrons. The Morgan fingerprint density at radius 3 is 2.59 bits per heavy atom. The van der Waals surface area contributed by atoms with Gasteiger partial charge in [0.15, 0.2) is 29.1 Å². The Balaban J connectivity index is 1.47. The second kappa shape index (κ2) is 9.64. The number of carbonyl (C=O) groups is 2. The van der Waals surface area contributed by atoms with E-state index in [1.807, 2.05) is 6.07 Å². The fourth-order valence-electron chi connectivity index (χ4n) is 4.62. The minimum Gasteiger partial charge on any atom is -0.323 e. The summed E-state index contributed by atoms with van der Waals surface area (Å²) in [6.07, 6.45) is 0.796. The van der Waals surface area contributed by atoms with Gasteiger partial charge >= 0.3 is 0 Å². The number of nitrogens with zero attached hydrogens (tertiary/aromatic N) is 5. The third-order valence-corrected chi connectivity index (χ3v) is 6.46. The molecular formula is C29H20F2N6O2. The maximum Gasteiger partial charge on any atom is 0.274 e. The average Bonchev–Trinajstić information content (AvgIpc) is 3.24. The summed E-state index contributed by atoms with van der Waals surface area (Å²) in [5.41, 5.74) is 2.62. The van der Waals surface area contributed by atoms with Gasteiger partial charge in [-0.15, -0.1) is 0 Å². The zero-order valence-corrected chi connectivity index (χ0v) is 20.6. The Hall–Kier alpha value is -5.12. The third-order valence-electron chi connectivity index (χ3n) is 6.46. The van der Waals surface area contributed by atoms with Gasteiger partial charge in [-0.2, -0.15) is 5.10 Å². The van der Waals surface area contributed by atoms with Crippen LogP contribution < -0.4 is 5.32 Å². The van der Waals surface area contributed by atoms with E-state index >= 15 is 0 Å². The average molecular weight is 523 g/mol. The van der Waals surface area contributed by atoms with E-state index in [9.17, 15) is 18.4 Å². The molecule has 0 unspecified atom stereocenters. The van der Waals surface area contributed by atoms with Crippen molar-refractivity contribution >= 4 is 23.0 Å². The van der Waals surface area contributed by atoms with Gasteiger partial charge in [0.05, 0.1) is 17.6 Å². The molecule has 1 aliphatic rings. The molecule has 0 spiro atoms. The van der Waals surface area contributed by atoms with E-state index in [1.54, 1.807) is 55.5 Å². The van der Waals surface area contributed by atoms with Crippen LogP contribution in [-0.2, 0) is 11.2 Å². The number of aliphatic imine (C=N–C) groups is 1. The van der Waals surface area contributed by atoms with Crippen molar-refractivity contribution in [2.45, 2.75) is 19.5 Å². The van der Waals surface area contributed by atoms with Gasteiger partial charge in [-0.25, -0.2) is 18.3 Å². The number of rotatable bonds is 4. The number of aromatic nitrogens is 4. The van der Waals surface area contributed by atoms with Crippen molar-refractivity contribution in [3.8, 4) is 11.3 Å². The van der Waals surface area contributed by atoms with E-state index in [-0.39, 0.29) is 28.9 Å². The number of halogens is 2. The second-order valence-electron chi connectivity index (χ2n) is 9.04. The maximum absolute atomic E-state index is 14.9. The zero-order chi connectivity index (χ0) is 27.1. The molecule has 8 nitrogen and oxygen atoms in total. The molecule has 6 rings (SSSR count). The molecule has 0 saturated carbocycles. The zero-order valence-electron chi connectivity index (χ0n) is 20.6. The van der Waals surface area contributed by atoms with Crippen LogP contribution in [0, 0.1) is 18.6 Å². The number of hydrogen-bond donors (Lipinski definition) is 1. The van der Waals surface area contributed by atoms with E-state index < -0.39 is 29.5 Å². The number of benzene rings is 2. The van der Waals surface area contributed by atoms with Gasteiger partial charge in [-0.05, 0) is 31.2 Å². The molecule has 1 atom stereocenters. The highest BCUT2D eigenvalue weighted by atomic mass is 19.1. The van der Waals surface area contributed by atoms with E-state index in [0.717, 1.165) is 6.20 Å². The van der Waals surface area contributed by atoms with E-state index in [0.29, 0.717) is 28.2 Å². The Morgan fingerprint density at radius 1 is 0.974 bits per heavy atom. The number of nitrogens with one attached hydrogen (secondary N) is 1. The summed E-state index contributed by atoms with van der Waals surface area (Å²) in [5.74, 6) is -2.45. The molecule has 0 radical (unpaired) electrons. The third kappa shape index (κ3) is 4.35. The van der Waals surface area contributed by atoms with Crippen molar-refractivity contribution in [2.24, 2.45) is 4.99 Å². The van der Waals surface area contributed by atoms with Crippen LogP contribution in [0.25, 0.3) is 16.9 Å². The summed E-state index contributed by atoms with van der Waals surface area (Å²) in [4.78, 5) is 40.0. The molecule has 0 bridgehead atoms. The van der Waals surface area contributed by atoms with Gasteiger partial charge in [0.25, 0.3) is 5.91 Å². The van der Waals surface area contributed by atoms with Gasteiger partial charge < -0.3 is 5.32 Å². The summed E-state index contributed by atoms with van der Waals surface area (Å²) < 4.78 is 30.9. The molecule has 2 aromatic carbocycles. The molecule has 0 aliphatic carbocycles. The number of aryl methyl sites for hydroxylation is 1. The Kier molecular flexibility index (Phi) is 5.99. The number of Topliss-reactive ketones (excluding diaryl/α,β-unsaturated/α-hetero) is 1. The lowest BCUT2D eigenvalue weighted by Crippen LogP contribution is -2.41. The van der Waals surface area contributed by atoms with E-state index in [1.165, 1.54) is 22.8 Å². The molecule has 4 heterocycles. The summed E-state index contributed by atoms with van der Waals surface area (Å²) in [6, 6.07) is 18.3. The highest BCUT2D eigenvalue weighted by Gasteiger charge is 2.31. The molecule has 3 aromatic heterocycles. The highest BCUT2D eigenvalue weighted by molar-refractivity contribution is 6.16. The predicted octanol–water partition coefficient (Wildman–Crippen LogP) is 4.10. The Bertz CT molecular complexity index is 1800. The molecule has 1 aliphatic heterocycles. The molecule has 0 saturated heterocycles. The van der Waals surface area contributed by atoms with Crippen LogP contribution in [0.1, 0.15) is 32.9 Å². The molecular weight excluding hydrogens is 502 g/mol. The van der Waals surface area contributed by atoms with Gasteiger partial charge in [0.2, 0.25) is 0 Å². The number of amides is 1. The largest absolute Gasteiger partial charge is 0.323 e. The second-order valence-corrected chi connectivity index (χ2v) is 9.04. The van der Waals surface area contributed by atoms with Crippen LogP contribution in [-0.4, -0.2) is 43.1 Å². The highest BCUT2D eigenvalue weighted by Crippen LogP contribution is 2.27. The first kappa shape index (κ1) is 24.2. The minimum absolute atomic E-state index is 0.0353. The first-order valence-electron chi connectivity index (χ1n) is 12.1. The van der Waals surface area contributed by atoms with Crippen LogP contribution in [0.15, 0.2) is 84.1 Å². The van der Waals surface area contributed by atoms with E-state index in [4.69, 9.17) is 0 Å². The minimum atomic E-state index is -1.34. The van der Waals surface area contributed by atoms with Gasteiger partial charge in [0, 0.05) is 34.9 Å². The number of fused-ring (bicyclic) bond motifs is 2. The fraction of sp³-hybridized carbons (Fsp3) is 0.103. The summed E-state index contributed by atoms with van der Waals surface area (Å²) in [6.45, 7) is 1.74. The molecule has 0 fully saturated rings. The van der Waals surface area contributed by atoms with Gasteiger partial charge in [-0.3, -0.25) is 19.6 Å². The maximum atomic E-state index is 14.9. The number of ketones is 1. The number of carbonyl (C=O) groups excluding carboxylic acids is 2. The summed E-state index contributed by atoms with van der Waals surface area (Å²) in [7, 11) is 0. The lowest BCUT2D eigenvalue weighted by molar-refractivity contribution is -0.120. The van der Waals surface area contributed by atoms with Gasteiger partial charge in [-0.1, -0.05) is 42.5 Å².